The van der Waals surface area contributed by atoms with E-state index >= 15 is 0 Å². The maximum absolute atomic E-state index is 13.0. The molecular weight excluding hydrogens is 240 g/mol. The Balaban J connectivity index is 2.31. The van der Waals surface area contributed by atoms with Crippen LogP contribution in [0.4, 0.5) is 8.78 Å². The van der Waals surface area contributed by atoms with Crippen LogP contribution < -0.4 is 4.74 Å². The van der Waals surface area contributed by atoms with Crippen molar-refractivity contribution in [1.82, 2.24) is 4.98 Å². The molecular formula is C13H11F2NO2. The summed E-state index contributed by atoms with van der Waals surface area (Å²) in [7, 11) is 0. The van der Waals surface area contributed by atoms with Crippen LogP contribution in [0.1, 0.15) is 18.6 Å². The van der Waals surface area contributed by atoms with Crippen LogP contribution in [0.25, 0.3) is 0 Å². The molecule has 0 amide bonds. The lowest BCUT2D eigenvalue weighted by molar-refractivity contribution is 0.194. The third-order valence-electron chi connectivity index (χ3n) is 2.36. The second-order valence-electron chi connectivity index (χ2n) is 3.75. The van der Waals surface area contributed by atoms with Gasteiger partial charge in [-0.3, -0.25) is 0 Å². The van der Waals surface area contributed by atoms with Crippen molar-refractivity contribution in [3.63, 3.8) is 0 Å². The highest BCUT2D eigenvalue weighted by Gasteiger charge is 2.11. The maximum atomic E-state index is 13.0. The third kappa shape index (κ3) is 2.62. The summed E-state index contributed by atoms with van der Waals surface area (Å²) in [5, 5.41) is 9.53. The summed E-state index contributed by atoms with van der Waals surface area (Å²) in [6, 6.07) is 6.48. The van der Waals surface area contributed by atoms with Gasteiger partial charge in [0.2, 0.25) is 5.88 Å². The number of nitrogens with zero attached hydrogens (tertiary/aromatic N) is 1. The van der Waals surface area contributed by atoms with Gasteiger partial charge >= 0.3 is 0 Å². The molecule has 0 saturated carbocycles. The van der Waals surface area contributed by atoms with Crippen LogP contribution in [0.5, 0.6) is 11.6 Å². The molecule has 0 aliphatic rings. The average Bonchev–Trinajstić information content (AvgIpc) is 2.34. The van der Waals surface area contributed by atoms with Crippen LogP contribution >= 0.6 is 0 Å². The molecule has 1 heterocycles. The average molecular weight is 251 g/mol. The Labute approximate surface area is 103 Å². The Morgan fingerprint density at radius 3 is 2.67 bits per heavy atom. The van der Waals surface area contributed by atoms with Gasteiger partial charge in [-0.1, -0.05) is 0 Å². The van der Waals surface area contributed by atoms with E-state index in [2.05, 4.69) is 4.98 Å². The Morgan fingerprint density at radius 2 is 2.00 bits per heavy atom. The van der Waals surface area contributed by atoms with E-state index in [1.165, 1.54) is 12.3 Å². The minimum Gasteiger partial charge on any atom is -0.439 e. The summed E-state index contributed by atoms with van der Waals surface area (Å²) in [5.41, 5.74) is 0.474. The molecule has 18 heavy (non-hydrogen) atoms. The fourth-order valence-corrected chi connectivity index (χ4v) is 1.46. The number of rotatable bonds is 3. The fraction of sp³-hybridized carbons (Fsp3) is 0.154. The van der Waals surface area contributed by atoms with E-state index in [1.54, 1.807) is 19.1 Å². The van der Waals surface area contributed by atoms with Gasteiger partial charge in [-0.05, 0) is 31.2 Å². The highest BCUT2D eigenvalue weighted by atomic mass is 19.2. The standard InChI is InChI=1S/C13H11F2NO2/c1-8(17)10-3-2-6-16-13(10)18-9-4-5-11(14)12(15)7-9/h2-8,17H,1H3. The van der Waals surface area contributed by atoms with Gasteiger partial charge in [-0.25, -0.2) is 13.8 Å². The molecule has 0 aliphatic heterocycles. The first-order valence-corrected chi connectivity index (χ1v) is 5.34. The molecule has 1 unspecified atom stereocenters. The van der Waals surface area contributed by atoms with Crippen LogP contribution in [0.15, 0.2) is 36.5 Å². The number of hydrogen-bond acceptors (Lipinski definition) is 3. The molecule has 0 spiro atoms. The van der Waals surface area contributed by atoms with Crippen molar-refractivity contribution in [2.45, 2.75) is 13.0 Å². The van der Waals surface area contributed by atoms with E-state index < -0.39 is 17.7 Å². The first-order valence-electron chi connectivity index (χ1n) is 5.34. The Hall–Kier alpha value is -2.01. The number of aliphatic hydroxyl groups excluding tert-OH is 1. The van der Waals surface area contributed by atoms with Crippen LogP contribution in [0.3, 0.4) is 0 Å². The molecule has 1 aromatic carbocycles. The number of halogens is 2. The summed E-state index contributed by atoms with van der Waals surface area (Å²) < 4.78 is 31.1. The predicted molar refractivity (Wildman–Crippen MR) is 61.3 cm³/mol. The SMILES string of the molecule is CC(O)c1cccnc1Oc1ccc(F)c(F)c1. The molecule has 0 bridgehead atoms. The first kappa shape index (κ1) is 12.4. The largest absolute Gasteiger partial charge is 0.439 e. The van der Waals surface area contributed by atoms with Gasteiger partial charge in [0.1, 0.15) is 5.75 Å². The number of aliphatic hydroxyl groups is 1. The summed E-state index contributed by atoms with van der Waals surface area (Å²) in [6.07, 6.45) is 0.722. The second-order valence-corrected chi connectivity index (χ2v) is 3.75. The van der Waals surface area contributed by atoms with E-state index in [1.807, 2.05) is 0 Å². The van der Waals surface area contributed by atoms with E-state index in [0.29, 0.717) is 5.56 Å². The van der Waals surface area contributed by atoms with Crippen LogP contribution in [0.2, 0.25) is 0 Å². The molecule has 0 fully saturated rings. The topological polar surface area (TPSA) is 42.4 Å². The van der Waals surface area contributed by atoms with Crippen LogP contribution in [-0.4, -0.2) is 10.1 Å². The van der Waals surface area contributed by atoms with Gasteiger partial charge in [-0.15, -0.1) is 0 Å². The second kappa shape index (κ2) is 5.10. The predicted octanol–water partition coefficient (Wildman–Crippen LogP) is 3.21. The molecule has 3 nitrogen and oxygen atoms in total. The van der Waals surface area contributed by atoms with E-state index in [4.69, 9.17) is 4.74 Å². The van der Waals surface area contributed by atoms with Crippen molar-refractivity contribution in [1.29, 1.82) is 0 Å². The molecule has 0 aliphatic carbocycles. The van der Waals surface area contributed by atoms with Gasteiger partial charge in [0.15, 0.2) is 11.6 Å². The molecule has 0 radical (unpaired) electrons. The Bertz CT molecular complexity index is 558. The smallest absolute Gasteiger partial charge is 0.225 e. The number of pyridine rings is 1. The number of hydrogen-bond donors (Lipinski definition) is 1. The molecule has 2 rings (SSSR count). The zero-order valence-electron chi connectivity index (χ0n) is 9.60. The van der Waals surface area contributed by atoms with Crippen LogP contribution in [0, 0.1) is 11.6 Å². The molecule has 0 saturated heterocycles. The van der Waals surface area contributed by atoms with E-state index in [-0.39, 0.29) is 11.6 Å². The lowest BCUT2D eigenvalue weighted by atomic mass is 10.2. The Kier molecular flexibility index (Phi) is 3.53. The number of aromatic nitrogens is 1. The monoisotopic (exact) mass is 251 g/mol. The van der Waals surface area contributed by atoms with E-state index in [0.717, 1.165) is 12.1 Å². The normalized spacial score (nSPS) is 12.2. The lowest BCUT2D eigenvalue weighted by Gasteiger charge is -2.11. The van der Waals surface area contributed by atoms with Crippen molar-refractivity contribution in [2.75, 3.05) is 0 Å². The van der Waals surface area contributed by atoms with Gasteiger partial charge in [-0.2, -0.15) is 0 Å². The summed E-state index contributed by atoms with van der Waals surface area (Å²) in [6.45, 7) is 1.56. The maximum Gasteiger partial charge on any atom is 0.225 e. The quantitative estimate of drug-likeness (QED) is 0.910. The lowest BCUT2D eigenvalue weighted by Crippen LogP contribution is -1.98. The fourth-order valence-electron chi connectivity index (χ4n) is 1.46. The van der Waals surface area contributed by atoms with Gasteiger partial charge < -0.3 is 9.84 Å². The number of ether oxygens (including phenoxy) is 1. The zero-order chi connectivity index (χ0) is 13.1. The van der Waals surface area contributed by atoms with E-state index in [9.17, 15) is 13.9 Å². The van der Waals surface area contributed by atoms with Crippen molar-refractivity contribution < 1.29 is 18.6 Å². The molecule has 2 aromatic rings. The Morgan fingerprint density at radius 1 is 1.22 bits per heavy atom. The minimum atomic E-state index is -0.998. The highest BCUT2D eigenvalue weighted by molar-refractivity contribution is 5.33. The number of benzene rings is 1. The molecule has 5 heteroatoms. The third-order valence-corrected chi connectivity index (χ3v) is 2.36. The molecule has 1 N–H and O–H groups in total. The van der Waals surface area contributed by atoms with Crippen molar-refractivity contribution in [3.8, 4) is 11.6 Å². The first-order chi connectivity index (χ1) is 8.58. The zero-order valence-corrected chi connectivity index (χ0v) is 9.60. The highest BCUT2D eigenvalue weighted by Crippen LogP contribution is 2.27. The van der Waals surface area contributed by atoms with Crippen LogP contribution in [-0.2, 0) is 0 Å². The summed E-state index contributed by atoms with van der Waals surface area (Å²) in [4.78, 5) is 3.95. The minimum absolute atomic E-state index is 0.120. The van der Waals surface area contributed by atoms with Gasteiger partial charge in [0.25, 0.3) is 0 Å². The molecule has 94 valence electrons. The summed E-state index contributed by atoms with van der Waals surface area (Å²) in [5.74, 6) is -1.66. The summed E-state index contributed by atoms with van der Waals surface area (Å²) >= 11 is 0. The van der Waals surface area contributed by atoms with Crippen molar-refractivity contribution >= 4 is 0 Å². The molecule has 1 aromatic heterocycles. The van der Waals surface area contributed by atoms with Crippen molar-refractivity contribution in [3.05, 3.63) is 53.7 Å². The van der Waals surface area contributed by atoms with Gasteiger partial charge in [0.05, 0.1) is 6.10 Å². The van der Waals surface area contributed by atoms with Gasteiger partial charge in [0, 0.05) is 17.8 Å². The molecule has 1 atom stereocenters. The van der Waals surface area contributed by atoms with Crippen molar-refractivity contribution in [2.24, 2.45) is 0 Å².